The van der Waals surface area contributed by atoms with Crippen LogP contribution in [0.5, 0.6) is 0 Å². The molecule has 0 aliphatic carbocycles. The van der Waals surface area contributed by atoms with Crippen molar-refractivity contribution in [2.24, 2.45) is 0 Å². The zero-order valence-corrected chi connectivity index (χ0v) is 15.0. The van der Waals surface area contributed by atoms with Gasteiger partial charge in [0.1, 0.15) is 6.54 Å². The molecule has 0 bridgehead atoms. The number of benzene rings is 1. The van der Waals surface area contributed by atoms with E-state index in [-0.39, 0.29) is 23.7 Å². The number of nitrogens with one attached hydrogen (secondary N) is 1. The number of carbonyl (C=O) groups is 1. The summed E-state index contributed by atoms with van der Waals surface area (Å²) >= 11 is 0. The van der Waals surface area contributed by atoms with E-state index in [9.17, 15) is 22.8 Å². The fourth-order valence-electron chi connectivity index (χ4n) is 3.07. The van der Waals surface area contributed by atoms with E-state index in [2.05, 4.69) is 10.3 Å². The van der Waals surface area contributed by atoms with Crippen LogP contribution < -0.4 is 10.9 Å². The van der Waals surface area contributed by atoms with Crippen molar-refractivity contribution in [3.05, 3.63) is 39.3 Å². The minimum absolute atomic E-state index is 0.0250. The number of hydrogen-bond donors (Lipinski definition) is 1. The Kier molecular flexibility index (Phi) is 5.23. The highest BCUT2D eigenvalue weighted by Gasteiger charge is 2.37. The minimum atomic E-state index is -4.90. The molecule has 9 heteroatoms. The van der Waals surface area contributed by atoms with Crippen LogP contribution in [-0.4, -0.2) is 34.7 Å². The molecule has 0 saturated carbocycles. The number of amides is 1. The Balaban J connectivity index is 1.98. The Morgan fingerprint density at radius 2 is 2.04 bits per heavy atom. The maximum atomic E-state index is 13.2. The standard InChI is InChI=1S/C18H20F3N3O3/c1-10-6-13-14(7-11(10)2)24(17(26)16(23-13)18(19,20)21)9-15(25)22-8-12-4-3-5-27-12/h6-7,12H,3-5,8-9H2,1-2H3,(H,22,25)/t12-/m0/s1. The highest BCUT2D eigenvalue weighted by Crippen LogP contribution is 2.27. The first kappa shape index (κ1) is 19.3. The number of carbonyl (C=O) groups excluding carboxylic acids is 1. The number of hydrogen-bond acceptors (Lipinski definition) is 4. The van der Waals surface area contributed by atoms with Gasteiger partial charge in [-0.25, -0.2) is 4.98 Å². The summed E-state index contributed by atoms with van der Waals surface area (Å²) in [7, 11) is 0. The first-order valence-corrected chi connectivity index (χ1v) is 8.64. The molecule has 1 amide bonds. The third-order valence-corrected chi connectivity index (χ3v) is 4.68. The molecule has 1 N–H and O–H groups in total. The summed E-state index contributed by atoms with van der Waals surface area (Å²) in [5.74, 6) is -0.550. The van der Waals surface area contributed by atoms with E-state index >= 15 is 0 Å². The second-order valence-corrected chi connectivity index (χ2v) is 6.71. The lowest BCUT2D eigenvalue weighted by molar-refractivity contribution is -0.142. The van der Waals surface area contributed by atoms with E-state index in [0.717, 1.165) is 28.5 Å². The smallest absolute Gasteiger partial charge is 0.376 e. The van der Waals surface area contributed by atoms with Crippen molar-refractivity contribution in [2.75, 3.05) is 13.2 Å². The molecule has 3 rings (SSSR count). The van der Waals surface area contributed by atoms with Crippen molar-refractivity contribution in [3.63, 3.8) is 0 Å². The zero-order valence-electron chi connectivity index (χ0n) is 15.0. The SMILES string of the molecule is Cc1cc2nc(C(F)(F)F)c(=O)n(CC(=O)NC[C@@H]3CCCO3)c2cc1C. The first-order valence-electron chi connectivity index (χ1n) is 8.64. The molecular formula is C18H20F3N3O3. The van der Waals surface area contributed by atoms with Crippen LogP contribution in [0.4, 0.5) is 13.2 Å². The molecule has 0 unspecified atom stereocenters. The molecule has 1 saturated heterocycles. The molecule has 6 nitrogen and oxygen atoms in total. The van der Waals surface area contributed by atoms with Gasteiger partial charge in [0.25, 0.3) is 5.56 Å². The Morgan fingerprint density at radius 1 is 1.33 bits per heavy atom. The lowest BCUT2D eigenvalue weighted by atomic mass is 10.1. The average molecular weight is 383 g/mol. The van der Waals surface area contributed by atoms with Crippen LogP contribution in [-0.2, 0) is 22.3 Å². The predicted molar refractivity (Wildman–Crippen MR) is 92.5 cm³/mol. The van der Waals surface area contributed by atoms with Crippen LogP contribution in [0.2, 0.25) is 0 Å². The maximum absolute atomic E-state index is 13.2. The number of rotatable bonds is 4. The first-order chi connectivity index (χ1) is 12.7. The summed E-state index contributed by atoms with van der Waals surface area (Å²) in [5.41, 5.74) is -1.09. The highest BCUT2D eigenvalue weighted by molar-refractivity contribution is 5.81. The molecule has 1 aliphatic heterocycles. The molecule has 1 aromatic carbocycles. The molecule has 1 aliphatic rings. The summed E-state index contributed by atoms with van der Waals surface area (Å²) in [4.78, 5) is 28.2. The van der Waals surface area contributed by atoms with E-state index in [1.54, 1.807) is 19.9 Å². The summed E-state index contributed by atoms with van der Waals surface area (Å²) in [6.07, 6.45) is -3.28. The van der Waals surface area contributed by atoms with Gasteiger partial charge in [-0.1, -0.05) is 0 Å². The fraction of sp³-hybridized carbons (Fsp3) is 0.500. The molecule has 1 fully saturated rings. The van der Waals surface area contributed by atoms with Gasteiger partial charge in [0, 0.05) is 13.2 Å². The van der Waals surface area contributed by atoms with Gasteiger partial charge in [0.05, 0.1) is 17.1 Å². The van der Waals surface area contributed by atoms with Gasteiger partial charge in [-0.15, -0.1) is 0 Å². The molecule has 1 aromatic heterocycles. The van der Waals surface area contributed by atoms with E-state index in [1.807, 2.05) is 0 Å². The molecule has 1 atom stereocenters. The topological polar surface area (TPSA) is 73.2 Å². The monoisotopic (exact) mass is 383 g/mol. The zero-order chi connectivity index (χ0) is 19.8. The third-order valence-electron chi connectivity index (χ3n) is 4.68. The van der Waals surface area contributed by atoms with Crippen molar-refractivity contribution >= 4 is 16.9 Å². The second kappa shape index (κ2) is 7.30. The Hall–Kier alpha value is -2.42. The van der Waals surface area contributed by atoms with Gasteiger partial charge >= 0.3 is 6.18 Å². The van der Waals surface area contributed by atoms with Gasteiger partial charge < -0.3 is 10.1 Å². The normalized spacial score (nSPS) is 17.4. The number of aryl methyl sites for hydroxylation is 2. The van der Waals surface area contributed by atoms with Crippen molar-refractivity contribution in [3.8, 4) is 0 Å². The van der Waals surface area contributed by atoms with E-state index < -0.39 is 29.9 Å². The largest absolute Gasteiger partial charge is 0.438 e. The van der Waals surface area contributed by atoms with E-state index in [1.165, 1.54) is 6.07 Å². The number of alkyl halides is 3. The summed E-state index contributed by atoms with van der Waals surface area (Å²) < 4.78 is 45.9. The third kappa shape index (κ3) is 4.13. The quantitative estimate of drug-likeness (QED) is 0.880. The number of ether oxygens (including phenoxy) is 1. The van der Waals surface area contributed by atoms with Crippen molar-refractivity contribution in [1.82, 2.24) is 14.9 Å². The van der Waals surface area contributed by atoms with Crippen molar-refractivity contribution < 1.29 is 22.7 Å². The van der Waals surface area contributed by atoms with Gasteiger partial charge in [-0.05, 0) is 49.9 Å². The van der Waals surface area contributed by atoms with Crippen molar-refractivity contribution in [2.45, 2.75) is 45.5 Å². The lowest BCUT2D eigenvalue weighted by Crippen LogP contribution is -2.38. The number of aromatic nitrogens is 2. The van der Waals surface area contributed by atoms with Crippen LogP contribution in [0, 0.1) is 13.8 Å². The highest BCUT2D eigenvalue weighted by atomic mass is 19.4. The summed E-state index contributed by atoms with van der Waals surface area (Å²) in [6.45, 7) is 3.89. The maximum Gasteiger partial charge on any atom is 0.438 e. The lowest BCUT2D eigenvalue weighted by Gasteiger charge is -2.16. The molecule has 27 heavy (non-hydrogen) atoms. The predicted octanol–water partition coefficient (Wildman–Crippen LogP) is 2.33. The van der Waals surface area contributed by atoms with Gasteiger partial charge in [0.15, 0.2) is 0 Å². The summed E-state index contributed by atoms with van der Waals surface area (Å²) in [6, 6.07) is 3.06. The number of halogens is 3. The average Bonchev–Trinajstić information content (AvgIpc) is 3.09. The van der Waals surface area contributed by atoms with Crippen LogP contribution in [0.1, 0.15) is 29.7 Å². The van der Waals surface area contributed by atoms with Crippen LogP contribution >= 0.6 is 0 Å². The number of nitrogens with zero attached hydrogens (tertiary/aromatic N) is 2. The van der Waals surface area contributed by atoms with Crippen LogP contribution in [0.3, 0.4) is 0 Å². The molecular weight excluding hydrogens is 363 g/mol. The molecule has 146 valence electrons. The van der Waals surface area contributed by atoms with Crippen LogP contribution in [0.25, 0.3) is 11.0 Å². The van der Waals surface area contributed by atoms with Crippen LogP contribution in [0.15, 0.2) is 16.9 Å². The van der Waals surface area contributed by atoms with Crippen molar-refractivity contribution in [1.29, 1.82) is 0 Å². The molecule has 2 heterocycles. The van der Waals surface area contributed by atoms with E-state index in [4.69, 9.17) is 4.74 Å². The van der Waals surface area contributed by atoms with Gasteiger partial charge in [-0.2, -0.15) is 13.2 Å². The van der Waals surface area contributed by atoms with E-state index in [0.29, 0.717) is 6.61 Å². The number of fused-ring (bicyclic) bond motifs is 1. The van der Waals surface area contributed by atoms with Gasteiger partial charge in [-0.3, -0.25) is 14.2 Å². The Bertz CT molecular complexity index is 931. The molecule has 0 radical (unpaired) electrons. The van der Waals surface area contributed by atoms with Gasteiger partial charge in [0.2, 0.25) is 11.6 Å². The Labute approximate surface area is 153 Å². The summed E-state index contributed by atoms with van der Waals surface area (Å²) in [5, 5.41) is 2.62. The fourth-order valence-corrected chi connectivity index (χ4v) is 3.07. The minimum Gasteiger partial charge on any atom is -0.376 e. The second-order valence-electron chi connectivity index (χ2n) is 6.71. The molecule has 0 spiro atoms. The Morgan fingerprint density at radius 3 is 2.67 bits per heavy atom. The molecule has 2 aromatic rings.